The van der Waals surface area contributed by atoms with E-state index in [2.05, 4.69) is 32.7 Å². The van der Waals surface area contributed by atoms with E-state index in [1.54, 1.807) is 14.2 Å². The van der Waals surface area contributed by atoms with E-state index in [1.165, 1.54) is 5.56 Å². The number of hydrogen-bond donors (Lipinski definition) is 2. The number of benzene rings is 2. The molecule has 140 valence electrons. The first kappa shape index (κ1) is 18.5. The number of ether oxygens (including phenoxy) is 2. The van der Waals surface area contributed by atoms with Crippen LogP contribution in [0.5, 0.6) is 11.5 Å². The van der Waals surface area contributed by atoms with Crippen LogP contribution in [0.1, 0.15) is 11.3 Å². The highest BCUT2D eigenvalue weighted by Crippen LogP contribution is 2.30. The van der Waals surface area contributed by atoms with Crippen LogP contribution in [0.2, 0.25) is 0 Å². The Morgan fingerprint density at radius 3 is 2.48 bits per heavy atom. The molecule has 0 fully saturated rings. The number of nitrogens with zero attached hydrogens (tertiary/aromatic N) is 2. The van der Waals surface area contributed by atoms with Gasteiger partial charge in [-0.2, -0.15) is 4.98 Å². The van der Waals surface area contributed by atoms with Gasteiger partial charge in [0.15, 0.2) is 0 Å². The maximum atomic E-state index is 5.40. The lowest BCUT2D eigenvalue weighted by Crippen LogP contribution is -2.09. The molecule has 6 nitrogen and oxygen atoms in total. The Morgan fingerprint density at radius 1 is 0.926 bits per heavy atom. The Labute approximate surface area is 159 Å². The Balaban J connectivity index is 1.71. The van der Waals surface area contributed by atoms with Gasteiger partial charge in [-0.25, -0.2) is 4.98 Å². The van der Waals surface area contributed by atoms with Crippen LogP contribution in [0, 0.1) is 6.92 Å². The van der Waals surface area contributed by atoms with Gasteiger partial charge in [0.2, 0.25) is 5.95 Å². The molecule has 0 radical (unpaired) electrons. The number of aryl methyl sites for hydroxylation is 1. The fourth-order valence-electron chi connectivity index (χ4n) is 2.73. The van der Waals surface area contributed by atoms with Gasteiger partial charge in [0, 0.05) is 24.4 Å². The molecule has 27 heavy (non-hydrogen) atoms. The van der Waals surface area contributed by atoms with Gasteiger partial charge in [0.05, 0.1) is 19.9 Å². The van der Waals surface area contributed by atoms with Crippen LogP contribution in [-0.4, -0.2) is 30.7 Å². The molecule has 2 aromatic carbocycles. The lowest BCUT2D eigenvalue weighted by Gasteiger charge is -2.13. The van der Waals surface area contributed by atoms with E-state index in [1.807, 2.05) is 49.4 Å². The average molecular weight is 364 g/mol. The maximum Gasteiger partial charge on any atom is 0.229 e. The molecule has 0 aliphatic carbocycles. The summed E-state index contributed by atoms with van der Waals surface area (Å²) in [5, 5.41) is 6.58. The monoisotopic (exact) mass is 364 g/mol. The molecule has 0 aliphatic heterocycles. The van der Waals surface area contributed by atoms with Crippen molar-refractivity contribution >= 4 is 17.5 Å². The van der Waals surface area contributed by atoms with Crippen molar-refractivity contribution < 1.29 is 9.47 Å². The smallest absolute Gasteiger partial charge is 0.229 e. The molecule has 3 aromatic rings. The van der Waals surface area contributed by atoms with E-state index in [0.717, 1.165) is 35.9 Å². The van der Waals surface area contributed by atoms with Crippen LogP contribution in [0.4, 0.5) is 17.5 Å². The molecular weight excluding hydrogens is 340 g/mol. The van der Waals surface area contributed by atoms with E-state index in [-0.39, 0.29) is 0 Å². The summed E-state index contributed by atoms with van der Waals surface area (Å²) in [6, 6.07) is 17.8. The summed E-state index contributed by atoms with van der Waals surface area (Å²) < 4.78 is 10.7. The quantitative estimate of drug-likeness (QED) is 0.624. The number of hydrogen-bond acceptors (Lipinski definition) is 6. The molecular formula is C21H24N4O2. The minimum atomic E-state index is 0.503. The molecule has 3 rings (SSSR count). The zero-order valence-electron chi connectivity index (χ0n) is 15.8. The van der Waals surface area contributed by atoms with Crippen molar-refractivity contribution in [3.05, 3.63) is 65.9 Å². The number of aromatic nitrogens is 2. The predicted molar refractivity (Wildman–Crippen MR) is 108 cm³/mol. The molecule has 0 saturated carbocycles. The topological polar surface area (TPSA) is 68.3 Å². The van der Waals surface area contributed by atoms with E-state index in [4.69, 9.17) is 9.47 Å². The molecule has 0 bridgehead atoms. The van der Waals surface area contributed by atoms with Crippen LogP contribution >= 0.6 is 0 Å². The second-order valence-corrected chi connectivity index (χ2v) is 6.07. The lowest BCUT2D eigenvalue weighted by molar-refractivity contribution is 0.405. The number of anilines is 3. The lowest BCUT2D eigenvalue weighted by atomic mass is 10.1. The van der Waals surface area contributed by atoms with Crippen molar-refractivity contribution in [2.75, 3.05) is 31.4 Å². The summed E-state index contributed by atoms with van der Waals surface area (Å²) in [6.07, 6.45) is 0.927. The van der Waals surface area contributed by atoms with Gasteiger partial charge >= 0.3 is 0 Å². The highest BCUT2D eigenvalue weighted by molar-refractivity contribution is 5.65. The number of methoxy groups -OCH3 is 2. The van der Waals surface area contributed by atoms with Gasteiger partial charge in [-0.3, -0.25) is 0 Å². The largest absolute Gasteiger partial charge is 0.497 e. The zero-order valence-corrected chi connectivity index (χ0v) is 15.8. The maximum absolute atomic E-state index is 5.40. The zero-order chi connectivity index (χ0) is 19.1. The Morgan fingerprint density at radius 2 is 1.74 bits per heavy atom. The second-order valence-electron chi connectivity index (χ2n) is 6.07. The third-order valence-corrected chi connectivity index (χ3v) is 4.07. The van der Waals surface area contributed by atoms with Gasteiger partial charge in [-0.1, -0.05) is 30.3 Å². The van der Waals surface area contributed by atoms with Gasteiger partial charge < -0.3 is 20.1 Å². The van der Waals surface area contributed by atoms with Crippen LogP contribution < -0.4 is 20.1 Å². The molecule has 0 spiro atoms. The molecule has 6 heteroatoms. The summed E-state index contributed by atoms with van der Waals surface area (Å²) in [6.45, 7) is 2.74. The van der Waals surface area contributed by atoms with Crippen LogP contribution in [0.15, 0.2) is 54.6 Å². The third-order valence-electron chi connectivity index (χ3n) is 4.07. The summed E-state index contributed by atoms with van der Waals surface area (Å²) in [5.74, 6) is 2.71. The first-order chi connectivity index (χ1) is 13.2. The van der Waals surface area contributed by atoms with E-state index < -0.39 is 0 Å². The van der Waals surface area contributed by atoms with Crippen LogP contribution in [-0.2, 0) is 6.42 Å². The highest BCUT2D eigenvalue weighted by atomic mass is 16.5. The van der Waals surface area contributed by atoms with Gasteiger partial charge in [0.25, 0.3) is 0 Å². The summed E-state index contributed by atoms with van der Waals surface area (Å²) >= 11 is 0. The normalized spacial score (nSPS) is 10.3. The molecule has 0 saturated heterocycles. The van der Waals surface area contributed by atoms with E-state index in [0.29, 0.717) is 11.7 Å². The number of rotatable bonds is 8. The van der Waals surface area contributed by atoms with Crippen LogP contribution in [0.25, 0.3) is 0 Å². The third kappa shape index (κ3) is 5.10. The van der Waals surface area contributed by atoms with Crippen molar-refractivity contribution in [2.24, 2.45) is 0 Å². The Hall–Kier alpha value is -3.28. The Kier molecular flexibility index (Phi) is 6.10. The summed E-state index contributed by atoms with van der Waals surface area (Å²) in [5.41, 5.74) is 2.91. The van der Waals surface area contributed by atoms with Crippen LogP contribution in [0.3, 0.4) is 0 Å². The predicted octanol–water partition coefficient (Wildman–Crippen LogP) is 4.20. The molecule has 0 atom stereocenters. The van der Waals surface area contributed by atoms with E-state index >= 15 is 0 Å². The molecule has 0 amide bonds. The van der Waals surface area contributed by atoms with Crippen molar-refractivity contribution in [3.63, 3.8) is 0 Å². The van der Waals surface area contributed by atoms with E-state index in [9.17, 15) is 0 Å². The van der Waals surface area contributed by atoms with Gasteiger partial charge in [0.1, 0.15) is 17.3 Å². The minimum Gasteiger partial charge on any atom is -0.497 e. The van der Waals surface area contributed by atoms with Crippen molar-refractivity contribution in [1.82, 2.24) is 9.97 Å². The molecule has 1 aromatic heterocycles. The highest BCUT2D eigenvalue weighted by Gasteiger charge is 2.08. The van der Waals surface area contributed by atoms with Crippen molar-refractivity contribution in [1.29, 1.82) is 0 Å². The van der Waals surface area contributed by atoms with Crippen molar-refractivity contribution in [3.8, 4) is 11.5 Å². The summed E-state index contributed by atoms with van der Waals surface area (Å²) in [4.78, 5) is 9.03. The first-order valence-corrected chi connectivity index (χ1v) is 8.80. The van der Waals surface area contributed by atoms with Gasteiger partial charge in [-0.05, 0) is 31.0 Å². The minimum absolute atomic E-state index is 0.503. The fraction of sp³-hybridized carbons (Fsp3) is 0.238. The molecule has 0 aliphatic rings. The molecule has 1 heterocycles. The van der Waals surface area contributed by atoms with Crippen molar-refractivity contribution in [2.45, 2.75) is 13.3 Å². The SMILES string of the molecule is COc1ccc(OC)c(Nc2nc(C)cc(NCCc3ccccc3)n2)c1. The Bertz CT molecular complexity index is 885. The van der Waals surface area contributed by atoms with Gasteiger partial charge in [-0.15, -0.1) is 0 Å². The standard InChI is InChI=1S/C21H24N4O2/c1-15-13-20(22-12-11-16-7-5-4-6-8-16)25-21(23-15)24-18-14-17(26-2)9-10-19(18)27-3/h4-10,13-14H,11-12H2,1-3H3,(H2,22,23,24,25). The summed E-state index contributed by atoms with van der Waals surface area (Å²) in [7, 11) is 3.25. The second kappa shape index (κ2) is 8.89. The fourth-order valence-corrected chi connectivity index (χ4v) is 2.73. The molecule has 2 N–H and O–H groups in total. The average Bonchev–Trinajstić information content (AvgIpc) is 2.68. The number of nitrogens with one attached hydrogen (secondary N) is 2. The first-order valence-electron chi connectivity index (χ1n) is 8.80. The molecule has 0 unspecified atom stereocenters.